The Morgan fingerprint density at radius 1 is 1.12 bits per heavy atom. The molecule has 1 N–H and O–H groups in total. The first kappa shape index (κ1) is 19.9. The summed E-state index contributed by atoms with van der Waals surface area (Å²) in [5, 5.41) is 0.0123. The molecule has 0 atom stereocenters. The Hall–Kier alpha value is -2.46. The number of carbonyl (C=O) groups is 1. The molecule has 2 aromatic carbocycles. The molecule has 0 aliphatic rings. The minimum absolute atomic E-state index is 0.0123. The van der Waals surface area contributed by atoms with E-state index in [4.69, 9.17) is 11.6 Å². The fourth-order valence-electron chi connectivity index (χ4n) is 1.87. The molecule has 0 aliphatic carbocycles. The van der Waals surface area contributed by atoms with Crippen LogP contribution in [0.2, 0.25) is 5.02 Å². The smallest absolute Gasteiger partial charge is 0.465 e. The molecule has 0 heterocycles. The highest BCUT2D eigenvalue weighted by Gasteiger charge is 2.31. The lowest BCUT2D eigenvalue weighted by Gasteiger charge is -2.12. The van der Waals surface area contributed by atoms with Gasteiger partial charge in [0, 0.05) is 0 Å². The van der Waals surface area contributed by atoms with E-state index >= 15 is 0 Å². The van der Waals surface area contributed by atoms with Crippen LogP contribution in [-0.2, 0) is 14.8 Å². The summed E-state index contributed by atoms with van der Waals surface area (Å²) in [5.41, 5.74) is -0.0336. The van der Waals surface area contributed by atoms with Crippen molar-refractivity contribution in [2.24, 2.45) is 0 Å². The van der Waals surface area contributed by atoms with E-state index in [-0.39, 0.29) is 21.2 Å². The lowest BCUT2D eigenvalue weighted by molar-refractivity contribution is -0.274. The van der Waals surface area contributed by atoms with Gasteiger partial charge in [-0.15, -0.1) is 13.2 Å². The zero-order valence-corrected chi connectivity index (χ0v) is 14.6. The third kappa shape index (κ3) is 5.02. The zero-order valence-electron chi connectivity index (χ0n) is 13.0. The minimum Gasteiger partial charge on any atom is -0.465 e. The van der Waals surface area contributed by atoms with Gasteiger partial charge in [-0.05, 0) is 42.5 Å². The number of sulfonamides is 1. The Kier molecular flexibility index (Phi) is 5.67. The lowest BCUT2D eigenvalue weighted by Crippen LogP contribution is -2.17. The van der Waals surface area contributed by atoms with Gasteiger partial charge in [-0.3, -0.25) is 4.72 Å². The van der Waals surface area contributed by atoms with Crippen molar-refractivity contribution in [3.8, 4) is 5.75 Å². The van der Waals surface area contributed by atoms with E-state index in [0.29, 0.717) is 0 Å². The highest BCUT2D eigenvalue weighted by molar-refractivity contribution is 7.92. The van der Waals surface area contributed by atoms with E-state index in [1.807, 2.05) is 0 Å². The van der Waals surface area contributed by atoms with Crippen molar-refractivity contribution in [2.75, 3.05) is 11.8 Å². The largest absolute Gasteiger partial charge is 0.573 e. The van der Waals surface area contributed by atoms with Crippen LogP contribution in [0.3, 0.4) is 0 Å². The van der Waals surface area contributed by atoms with Crippen molar-refractivity contribution in [2.45, 2.75) is 11.3 Å². The molecule has 0 aliphatic heterocycles. The normalized spacial score (nSPS) is 11.7. The van der Waals surface area contributed by atoms with Gasteiger partial charge in [-0.2, -0.15) is 0 Å². The molecule has 0 radical (unpaired) electrons. The number of hydrogen-bond donors (Lipinski definition) is 1. The summed E-state index contributed by atoms with van der Waals surface area (Å²) >= 11 is 5.91. The number of carbonyl (C=O) groups excluding carboxylic acids is 1. The van der Waals surface area contributed by atoms with Crippen LogP contribution in [0.25, 0.3) is 0 Å². The van der Waals surface area contributed by atoms with Gasteiger partial charge < -0.3 is 9.47 Å². The van der Waals surface area contributed by atoms with E-state index in [0.717, 1.165) is 31.4 Å². The summed E-state index contributed by atoms with van der Waals surface area (Å²) in [5.74, 6) is -1.27. The summed E-state index contributed by atoms with van der Waals surface area (Å²) in [6, 6.07) is 7.39. The molecule has 0 spiro atoms. The van der Waals surface area contributed by atoms with Crippen LogP contribution in [0.5, 0.6) is 5.75 Å². The molecular formula is C15H11ClF3NO5S. The Morgan fingerprint density at radius 3 is 2.27 bits per heavy atom. The van der Waals surface area contributed by atoms with E-state index in [9.17, 15) is 26.4 Å². The first-order chi connectivity index (χ1) is 12.0. The van der Waals surface area contributed by atoms with Crippen molar-refractivity contribution in [3.05, 3.63) is 53.1 Å². The predicted octanol–water partition coefficient (Wildman–Crippen LogP) is 3.83. The van der Waals surface area contributed by atoms with E-state index in [2.05, 4.69) is 14.2 Å². The van der Waals surface area contributed by atoms with Crippen LogP contribution < -0.4 is 9.46 Å². The number of nitrogens with one attached hydrogen (secondary N) is 1. The molecule has 0 aromatic heterocycles. The highest BCUT2D eigenvalue weighted by atomic mass is 35.5. The highest BCUT2D eigenvalue weighted by Crippen LogP contribution is 2.28. The Labute approximate surface area is 151 Å². The molecule has 6 nitrogen and oxygen atoms in total. The maximum absolute atomic E-state index is 12.4. The second-order valence-electron chi connectivity index (χ2n) is 4.81. The number of rotatable bonds is 5. The van der Waals surface area contributed by atoms with Crippen molar-refractivity contribution < 1.29 is 35.9 Å². The van der Waals surface area contributed by atoms with Gasteiger partial charge in [0.1, 0.15) is 5.75 Å². The van der Waals surface area contributed by atoms with Crippen LogP contribution >= 0.6 is 11.6 Å². The van der Waals surface area contributed by atoms with Crippen LogP contribution in [0.15, 0.2) is 47.4 Å². The van der Waals surface area contributed by atoms with E-state index in [1.165, 1.54) is 18.2 Å². The Bertz CT molecular complexity index is 914. The molecular weight excluding hydrogens is 399 g/mol. The van der Waals surface area contributed by atoms with Gasteiger partial charge in [-0.25, -0.2) is 13.2 Å². The molecule has 2 aromatic rings. The second kappa shape index (κ2) is 7.42. The SMILES string of the molecule is COC(=O)c1ccc(Cl)c(NS(=O)(=O)c2ccc(OC(F)(F)F)cc2)c1. The first-order valence-corrected chi connectivity index (χ1v) is 8.64. The lowest BCUT2D eigenvalue weighted by atomic mass is 10.2. The van der Waals surface area contributed by atoms with Crippen molar-refractivity contribution >= 4 is 33.3 Å². The minimum atomic E-state index is -4.89. The van der Waals surface area contributed by atoms with Crippen LogP contribution in [0.1, 0.15) is 10.4 Å². The van der Waals surface area contributed by atoms with Gasteiger partial charge in [0.15, 0.2) is 0 Å². The standard InChI is InChI=1S/C15H11ClF3NO5S/c1-24-14(21)9-2-7-12(16)13(8-9)20-26(22,23)11-5-3-10(4-6-11)25-15(17,18)19/h2-8,20H,1H3. The molecule has 0 unspecified atom stereocenters. The van der Waals surface area contributed by atoms with Crippen molar-refractivity contribution in [3.63, 3.8) is 0 Å². The van der Waals surface area contributed by atoms with Gasteiger partial charge in [0.05, 0.1) is 28.3 Å². The molecule has 0 bridgehead atoms. The van der Waals surface area contributed by atoms with E-state index in [1.54, 1.807) is 0 Å². The van der Waals surface area contributed by atoms with Crippen molar-refractivity contribution in [1.82, 2.24) is 0 Å². The number of methoxy groups -OCH3 is 1. The third-order valence-corrected chi connectivity index (χ3v) is 4.71. The van der Waals surface area contributed by atoms with Gasteiger partial charge in [0.25, 0.3) is 10.0 Å². The number of hydrogen-bond acceptors (Lipinski definition) is 5. The van der Waals surface area contributed by atoms with Crippen LogP contribution in [-0.4, -0.2) is 27.9 Å². The third-order valence-electron chi connectivity index (χ3n) is 3.00. The van der Waals surface area contributed by atoms with Crippen LogP contribution in [0.4, 0.5) is 18.9 Å². The summed E-state index contributed by atoms with van der Waals surface area (Å²) in [6.45, 7) is 0. The molecule has 0 amide bonds. The first-order valence-electron chi connectivity index (χ1n) is 6.78. The molecule has 0 saturated heterocycles. The molecule has 2 rings (SSSR count). The Morgan fingerprint density at radius 2 is 1.73 bits per heavy atom. The maximum Gasteiger partial charge on any atom is 0.573 e. The Balaban J connectivity index is 2.27. The van der Waals surface area contributed by atoms with Gasteiger partial charge >= 0.3 is 12.3 Å². The summed E-state index contributed by atoms with van der Waals surface area (Å²) < 4.78 is 71.5. The average molecular weight is 410 g/mol. The average Bonchev–Trinajstić information content (AvgIpc) is 2.55. The molecule has 0 saturated carbocycles. The fourth-order valence-corrected chi connectivity index (χ4v) is 3.16. The number of esters is 1. The number of alkyl halides is 3. The fraction of sp³-hybridized carbons (Fsp3) is 0.133. The monoisotopic (exact) mass is 409 g/mol. The quantitative estimate of drug-likeness (QED) is 0.759. The van der Waals surface area contributed by atoms with Gasteiger partial charge in [-0.1, -0.05) is 11.6 Å². The number of anilines is 1. The molecule has 26 heavy (non-hydrogen) atoms. The number of ether oxygens (including phenoxy) is 2. The van der Waals surface area contributed by atoms with Gasteiger partial charge in [0.2, 0.25) is 0 Å². The van der Waals surface area contributed by atoms with E-state index < -0.39 is 28.1 Å². The zero-order chi connectivity index (χ0) is 19.5. The molecule has 11 heteroatoms. The van der Waals surface area contributed by atoms with Crippen molar-refractivity contribution in [1.29, 1.82) is 0 Å². The van der Waals surface area contributed by atoms with Crippen LogP contribution in [0, 0.1) is 0 Å². The molecule has 140 valence electrons. The molecule has 0 fully saturated rings. The topological polar surface area (TPSA) is 81.7 Å². The maximum atomic E-state index is 12.4. The second-order valence-corrected chi connectivity index (χ2v) is 6.90. The predicted molar refractivity (Wildman–Crippen MR) is 86.7 cm³/mol. The number of halogens is 4. The summed E-state index contributed by atoms with van der Waals surface area (Å²) in [7, 11) is -3.01. The summed E-state index contributed by atoms with van der Waals surface area (Å²) in [4.78, 5) is 11.2. The number of benzene rings is 2. The summed E-state index contributed by atoms with van der Waals surface area (Å²) in [6.07, 6.45) is -4.89.